The number of carboxylic acids is 1. The van der Waals surface area contributed by atoms with Crippen LogP contribution in [0.3, 0.4) is 0 Å². The molecule has 0 radical (unpaired) electrons. The molecule has 0 fully saturated rings. The Morgan fingerprint density at radius 3 is 2.27 bits per heavy atom. The summed E-state index contributed by atoms with van der Waals surface area (Å²) in [6.45, 7) is 0. The van der Waals surface area contributed by atoms with E-state index in [0.717, 1.165) is 0 Å². The highest BCUT2D eigenvalue weighted by Crippen LogP contribution is 2.39. The van der Waals surface area contributed by atoms with Crippen LogP contribution in [-0.2, 0) is 0 Å². The van der Waals surface area contributed by atoms with Crippen LogP contribution < -0.4 is 11.5 Å². The van der Waals surface area contributed by atoms with Gasteiger partial charge in [-0.05, 0) is 41.6 Å². The Morgan fingerprint density at radius 2 is 1.69 bits per heavy atom. The standard InChI is InChI=1S/C16H11F3N4O2S/c17-16(18,19)26-8-3-1-7(2-4-8)11-9(14(24)25)5-6-10-12(11)13(20)23-15(21)22-10/h1-6H,(H,24,25)(H4,20,21,22,23). The van der Waals surface area contributed by atoms with Crippen molar-refractivity contribution in [2.24, 2.45) is 0 Å². The maximum absolute atomic E-state index is 12.5. The molecule has 0 aliphatic heterocycles. The molecular formula is C16H11F3N4O2S. The molecule has 10 heteroatoms. The van der Waals surface area contributed by atoms with Gasteiger partial charge in [-0.1, -0.05) is 12.1 Å². The molecule has 5 N–H and O–H groups in total. The number of carbonyl (C=O) groups is 1. The highest BCUT2D eigenvalue weighted by atomic mass is 32.2. The van der Waals surface area contributed by atoms with Crippen molar-refractivity contribution in [2.75, 3.05) is 11.5 Å². The minimum Gasteiger partial charge on any atom is -0.478 e. The highest BCUT2D eigenvalue weighted by molar-refractivity contribution is 8.00. The van der Waals surface area contributed by atoms with E-state index in [9.17, 15) is 23.1 Å². The summed E-state index contributed by atoms with van der Waals surface area (Å²) in [6.07, 6.45) is 0. The zero-order valence-corrected chi connectivity index (χ0v) is 13.7. The van der Waals surface area contributed by atoms with Crippen LogP contribution in [0.5, 0.6) is 0 Å². The number of nitrogen functional groups attached to an aromatic ring is 2. The van der Waals surface area contributed by atoms with Crippen LogP contribution >= 0.6 is 11.8 Å². The Balaban J connectivity index is 2.22. The fourth-order valence-electron chi connectivity index (χ4n) is 2.57. The largest absolute Gasteiger partial charge is 0.478 e. The van der Waals surface area contributed by atoms with Gasteiger partial charge in [0.25, 0.3) is 0 Å². The number of halogens is 3. The predicted molar refractivity (Wildman–Crippen MR) is 92.7 cm³/mol. The van der Waals surface area contributed by atoms with Gasteiger partial charge in [-0.3, -0.25) is 0 Å². The molecule has 134 valence electrons. The van der Waals surface area contributed by atoms with Crippen molar-refractivity contribution in [1.29, 1.82) is 0 Å². The van der Waals surface area contributed by atoms with E-state index in [4.69, 9.17) is 11.5 Å². The third kappa shape index (κ3) is 3.49. The summed E-state index contributed by atoms with van der Waals surface area (Å²) >= 11 is -0.258. The number of aromatic nitrogens is 2. The monoisotopic (exact) mass is 380 g/mol. The Morgan fingerprint density at radius 1 is 1.04 bits per heavy atom. The molecule has 0 atom stereocenters. The fourth-order valence-corrected chi connectivity index (χ4v) is 3.11. The van der Waals surface area contributed by atoms with E-state index < -0.39 is 11.5 Å². The van der Waals surface area contributed by atoms with E-state index in [2.05, 4.69) is 9.97 Å². The number of aromatic carboxylic acids is 1. The Bertz CT molecular complexity index is 1010. The summed E-state index contributed by atoms with van der Waals surface area (Å²) in [6, 6.07) is 8.09. The van der Waals surface area contributed by atoms with Gasteiger partial charge in [0.15, 0.2) is 0 Å². The third-order valence-corrected chi connectivity index (χ3v) is 4.26. The van der Waals surface area contributed by atoms with Crippen molar-refractivity contribution in [3.05, 3.63) is 42.0 Å². The molecule has 0 bridgehead atoms. The van der Waals surface area contributed by atoms with Gasteiger partial charge in [0.05, 0.1) is 16.5 Å². The van der Waals surface area contributed by atoms with E-state index in [-0.39, 0.29) is 44.9 Å². The minimum atomic E-state index is -4.41. The van der Waals surface area contributed by atoms with Crippen LogP contribution in [0.25, 0.3) is 22.0 Å². The summed E-state index contributed by atoms with van der Waals surface area (Å²) in [7, 11) is 0. The van der Waals surface area contributed by atoms with Crippen molar-refractivity contribution in [3.63, 3.8) is 0 Å². The number of nitrogens with two attached hydrogens (primary N) is 2. The first-order valence-electron chi connectivity index (χ1n) is 7.11. The smallest absolute Gasteiger partial charge is 0.446 e. The van der Waals surface area contributed by atoms with Crippen molar-refractivity contribution in [3.8, 4) is 11.1 Å². The number of anilines is 2. The molecule has 0 aliphatic carbocycles. The van der Waals surface area contributed by atoms with Crippen LogP contribution in [0.2, 0.25) is 0 Å². The third-order valence-electron chi connectivity index (χ3n) is 3.52. The molecule has 0 saturated carbocycles. The van der Waals surface area contributed by atoms with Gasteiger partial charge in [-0.25, -0.2) is 9.78 Å². The maximum Gasteiger partial charge on any atom is 0.446 e. The van der Waals surface area contributed by atoms with E-state index in [1.54, 1.807) is 0 Å². The van der Waals surface area contributed by atoms with Crippen LogP contribution in [-0.4, -0.2) is 26.6 Å². The second-order valence-corrected chi connectivity index (χ2v) is 6.37. The number of fused-ring (bicyclic) bond motifs is 1. The number of hydrogen-bond donors (Lipinski definition) is 3. The minimum absolute atomic E-state index is 0.0145. The number of nitrogens with zero attached hydrogens (tertiary/aromatic N) is 2. The SMILES string of the molecule is Nc1nc(N)c2c(-c3ccc(SC(F)(F)F)cc3)c(C(=O)O)ccc2n1. The number of benzene rings is 2. The molecule has 0 amide bonds. The fraction of sp³-hybridized carbons (Fsp3) is 0.0625. The van der Waals surface area contributed by atoms with Gasteiger partial charge in [0.1, 0.15) is 5.82 Å². The summed E-state index contributed by atoms with van der Waals surface area (Å²) in [5.41, 5.74) is 7.90. The van der Waals surface area contributed by atoms with Gasteiger partial charge in [-0.2, -0.15) is 18.2 Å². The Labute approximate surface area is 149 Å². The zero-order chi connectivity index (χ0) is 19.1. The van der Waals surface area contributed by atoms with Crippen molar-refractivity contribution >= 4 is 40.4 Å². The quantitative estimate of drug-likeness (QED) is 0.592. The molecule has 1 aromatic heterocycles. The van der Waals surface area contributed by atoms with Gasteiger partial charge in [0, 0.05) is 10.5 Å². The van der Waals surface area contributed by atoms with Crippen molar-refractivity contribution < 1.29 is 23.1 Å². The van der Waals surface area contributed by atoms with Crippen LogP contribution in [0, 0.1) is 0 Å². The number of alkyl halides is 3. The first-order chi connectivity index (χ1) is 12.2. The summed E-state index contributed by atoms with van der Waals surface area (Å²) in [5.74, 6) is -1.30. The lowest BCUT2D eigenvalue weighted by Gasteiger charge is -2.13. The van der Waals surface area contributed by atoms with Gasteiger partial charge < -0.3 is 16.6 Å². The molecule has 0 unspecified atom stereocenters. The maximum atomic E-state index is 12.5. The second-order valence-electron chi connectivity index (χ2n) is 5.23. The lowest BCUT2D eigenvalue weighted by atomic mass is 9.95. The number of thioether (sulfide) groups is 1. The number of hydrogen-bond acceptors (Lipinski definition) is 6. The zero-order valence-electron chi connectivity index (χ0n) is 12.9. The molecule has 26 heavy (non-hydrogen) atoms. The summed E-state index contributed by atoms with van der Waals surface area (Å²) < 4.78 is 37.4. The lowest BCUT2D eigenvalue weighted by Crippen LogP contribution is -2.05. The van der Waals surface area contributed by atoms with Gasteiger partial charge >= 0.3 is 11.5 Å². The van der Waals surface area contributed by atoms with Crippen LogP contribution in [0.4, 0.5) is 24.9 Å². The normalized spacial score (nSPS) is 11.7. The summed E-state index contributed by atoms with van der Waals surface area (Å²) in [4.78, 5) is 19.5. The highest BCUT2D eigenvalue weighted by Gasteiger charge is 2.29. The van der Waals surface area contributed by atoms with E-state index in [1.807, 2.05) is 0 Å². The lowest BCUT2D eigenvalue weighted by molar-refractivity contribution is -0.0328. The molecule has 3 aromatic rings. The van der Waals surface area contributed by atoms with Crippen molar-refractivity contribution in [2.45, 2.75) is 10.4 Å². The van der Waals surface area contributed by atoms with Crippen LogP contribution in [0.15, 0.2) is 41.3 Å². The topological polar surface area (TPSA) is 115 Å². The molecule has 0 aliphatic rings. The molecule has 0 spiro atoms. The Kier molecular flexibility index (Phi) is 4.36. The molecule has 6 nitrogen and oxygen atoms in total. The predicted octanol–water partition coefficient (Wildman–Crippen LogP) is 3.77. The molecule has 2 aromatic carbocycles. The van der Waals surface area contributed by atoms with Crippen LogP contribution in [0.1, 0.15) is 10.4 Å². The number of carboxylic acid groups (broad SMARTS) is 1. The average Bonchev–Trinajstić information content (AvgIpc) is 2.52. The van der Waals surface area contributed by atoms with Gasteiger partial charge in [0.2, 0.25) is 5.95 Å². The number of rotatable bonds is 3. The van der Waals surface area contributed by atoms with Crippen molar-refractivity contribution in [1.82, 2.24) is 9.97 Å². The van der Waals surface area contributed by atoms with E-state index in [1.165, 1.54) is 36.4 Å². The molecule has 0 saturated heterocycles. The van der Waals surface area contributed by atoms with Gasteiger partial charge in [-0.15, -0.1) is 0 Å². The second kappa shape index (κ2) is 6.37. The molecule has 3 rings (SSSR count). The first-order valence-corrected chi connectivity index (χ1v) is 7.92. The average molecular weight is 380 g/mol. The first kappa shape index (κ1) is 17.8. The van der Waals surface area contributed by atoms with E-state index in [0.29, 0.717) is 11.1 Å². The molecule has 1 heterocycles. The Hall–Kier alpha value is -3.01. The summed E-state index contributed by atoms with van der Waals surface area (Å²) in [5, 5.41) is 9.75. The van der Waals surface area contributed by atoms with E-state index >= 15 is 0 Å². The molecular weight excluding hydrogens is 369 g/mol.